The molecular formula is C10H10F2N2O5. The third-order valence-electron chi connectivity index (χ3n) is 2.08. The Bertz CT molecular complexity index is 507. The van der Waals surface area contributed by atoms with E-state index >= 15 is 0 Å². The minimum Gasteiger partial charge on any atom is -0.481 e. The maximum absolute atomic E-state index is 13.8. The summed E-state index contributed by atoms with van der Waals surface area (Å²) in [4.78, 5) is 24.1. The van der Waals surface area contributed by atoms with E-state index in [1.54, 1.807) is 0 Å². The molecule has 0 aromatic carbocycles. The van der Waals surface area contributed by atoms with E-state index < -0.39 is 28.2 Å². The van der Waals surface area contributed by atoms with Crippen molar-refractivity contribution in [1.82, 2.24) is 4.98 Å². The molecule has 0 aliphatic carbocycles. The molecule has 0 aliphatic rings. The first kappa shape index (κ1) is 14.7. The van der Waals surface area contributed by atoms with Gasteiger partial charge in [-0.3, -0.25) is 10.1 Å². The highest BCUT2D eigenvalue weighted by atomic mass is 19.3. The molecule has 7 nitrogen and oxygen atoms in total. The minimum absolute atomic E-state index is 0.274. The van der Waals surface area contributed by atoms with E-state index in [0.717, 1.165) is 19.2 Å². The summed E-state index contributed by atoms with van der Waals surface area (Å²) in [5.41, 5.74) is -2.30. The van der Waals surface area contributed by atoms with Crippen LogP contribution in [0.4, 0.5) is 14.5 Å². The number of ether oxygens (including phenoxy) is 2. The molecule has 0 bridgehead atoms. The van der Waals surface area contributed by atoms with Gasteiger partial charge in [-0.25, -0.2) is 9.78 Å². The molecule has 0 aliphatic heterocycles. The van der Waals surface area contributed by atoms with Gasteiger partial charge in [-0.15, -0.1) is 0 Å². The number of hydrogen-bond acceptors (Lipinski definition) is 6. The molecular weight excluding hydrogens is 266 g/mol. The smallest absolute Gasteiger partial charge is 0.391 e. The van der Waals surface area contributed by atoms with Crippen LogP contribution in [0.5, 0.6) is 5.88 Å². The van der Waals surface area contributed by atoms with E-state index in [1.165, 1.54) is 6.92 Å². The number of methoxy groups -OCH3 is 1. The van der Waals surface area contributed by atoms with Crippen LogP contribution in [0.15, 0.2) is 12.1 Å². The lowest BCUT2D eigenvalue weighted by Crippen LogP contribution is -2.30. The number of rotatable bonds is 5. The van der Waals surface area contributed by atoms with Crippen molar-refractivity contribution in [2.45, 2.75) is 12.8 Å². The zero-order valence-corrected chi connectivity index (χ0v) is 10.1. The van der Waals surface area contributed by atoms with Gasteiger partial charge in [0.05, 0.1) is 18.6 Å². The first-order valence-electron chi connectivity index (χ1n) is 5.09. The lowest BCUT2D eigenvalue weighted by atomic mass is 10.2. The Morgan fingerprint density at radius 1 is 1.53 bits per heavy atom. The Balaban J connectivity index is 3.36. The molecule has 19 heavy (non-hydrogen) atoms. The van der Waals surface area contributed by atoms with Gasteiger partial charge in [0.15, 0.2) is 0 Å². The number of hydrogen-bond donors (Lipinski definition) is 0. The van der Waals surface area contributed by atoms with Crippen LogP contribution in [0.25, 0.3) is 0 Å². The summed E-state index contributed by atoms with van der Waals surface area (Å²) in [5.74, 6) is -6.41. The number of alkyl halides is 2. The number of nitrogens with zero attached hydrogens (tertiary/aromatic N) is 2. The predicted molar refractivity (Wildman–Crippen MR) is 58.0 cm³/mol. The molecule has 0 unspecified atom stereocenters. The third-order valence-corrected chi connectivity index (χ3v) is 2.08. The van der Waals surface area contributed by atoms with E-state index in [4.69, 9.17) is 0 Å². The fourth-order valence-corrected chi connectivity index (χ4v) is 1.24. The fourth-order valence-electron chi connectivity index (χ4n) is 1.24. The second-order valence-corrected chi connectivity index (χ2v) is 3.27. The van der Waals surface area contributed by atoms with Crippen LogP contribution in [0.1, 0.15) is 12.6 Å². The summed E-state index contributed by atoms with van der Waals surface area (Å²) in [6.45, 7) is 1.05. The Kier molecular flexibility index (Phi) is 4.30. The Morgan fingerprint density at radius 2 is 2.16 bits per heavy atom. The van der Waals surface area contributed by atoms with Crippen molar-refractivity contribution in [2.75, 3.05) is 13.7 Å². The van der Waals surface area contributed by atoms with E-state index in [-0.39, 0.29) is 12.5 Å². The van der Waals surface area contributed by atoms with Crippen molar-refractivity contribution in [3.63, 3.8) is 0 Å². The number of carbonyl (C=O) groups is 1. The highest BCUT2D eigenvalue weighted by molar-refractivity contribution is 5.80. The van der Waals surface area contributed by atoms with Gasteiger partial charge in [-0.05, 0) is 6.92 Å². The first-order chi connectivity index (χ1) is 8.84. The number of carbonyl (C=O) groups excluding carboxylic acids is 1. The average molecular weight is 276 g/mol. The number of pyridine rings is 1. The van der Waals surface area contributed by atoms with Gasteiger partial charge >= 0.3 is 11.9 Å². The molecule has 0 saturated heterocycles. The van der Waals surface area contributed by atoms with Crippen molar-refractivity contribution in [3.8, 4) is 5.88 Å². The lowest BCUT2D eigenvalue weighted by molar-refractivity contribution is -0.387. The molecule has 0 atom stereocenters. The van der Waals surface area contributed by atoms with Crippen molar-refractivity contribution >= 4 is 11.7 Å². The average Bonchev–Trinajstić information content (AvgIpc) is 2.38. The maximum atomic E-state index is 13.8. The molecule has 1 aromatic rings. The van der Waals surface area contributed by atoms with E-state index in [0.29, 0.717) is 0 Å². The van der Waals surface area contributed by atoms with Crippen molar-refractivity contribution < 1.29 is 28.0 Å². The topological polar surface area (TPSA) is 91.6 Å². The van der Waals surface area contributed by atoms with E-state index in [9.17, 15) is 23.7 Å². The SMILES string of the molecule is CCOC(=O)C(F)(F)c1nc(OC)ccc1[N+](=O)[O-]. The number of aromatic nitrogens is 1. The van der Waals surface area contributed by atoms with Gasteiger partial charge in [0.25, 0.3) is 5.69 Å². The van der Waals surface area contributed by atoms with Crippen LogP contribution in [-0.4, -0.2) is 29.6 Å². The van der Waals surface area contributed by atoms with E-state index in [2.05, 4.69) is 14.5 Å². The van der Waals surface area contributed by atoms with Crippen molar-refractivity contribution in [1.29, 1.82) is 0 Å². The lowest BCUT2D eigenvalue weighted by Gasteiger charge is -2.14. The zero-order valence-electron chi connectivity index (χ0n) is 10.1. The standard InChI is InChI=1S/C10H10F2N2O5/c1-3-19-9(15)10(11,12)8-6(14(16)17)4-5-7(13-8)18-2/h4-5H,3H2,1-2H3. The molecule has 0 spiro atoms. The summed E-state index contributed by atoms with van der Waals surface area (Å²) >= 11 is 0. The molecule has 0 radical (unpaired) electrons. The molecule has 0 amide bonds. The zero-order chi connectivity index (χ0) is 14.6. The number of esters is 1. The molecule has 9 heteroatoms. The molecule has 0 fully saturated rings. The van der Waals surface area contributed by atoms with Crippen LogP contribution < -0.4 is 4.74 Å². The molecule has 0 N–H and O–H groups in total. The van der Waals surface area contributed by atoms with Gasteiger partial charge in [0, 0.05) is 12.1 Å². The predicted octanol–water partition coefficient (Wildman–Crippen LogP) is 1.65. The van der Waals surface area contributed by atoms with Crippen LogP contribution in [0.2, 0.25) is 0 Å². The summed E-state index contributed by atoms with van der Waals surface area (Å²) in [7, 11) is 1.15. The third kappa shape index (κ3) is 2.92. The van der Waals surface area contributed by atoms with Gasteiger partial charge < -0.3 is 9.47 Å². The molecule has 1 rings (SSSR count). The van der Waals surface area contributed by atoms with Crippen LogP contribution in [0.3, 0.4) is 0 Å². The summed E-state index contributed by atoms with van der Waals surface area (Å²) in [6.07, 6.45) is 0. The number of halogens is 2. The normalized spacial score (nSPS) is 10.9. The van der Waals surface area contributed by atoms with Crippen LogP contribution >= 0.6 is 0 Å². The van der Waals surface area contributed by atoms with Crippen molar-refractivity contribution in [2.24, 2.45) is 0 Å². The summed E-state index contributed by atoms with van der Waals surface area (Å²) in [5, 5.41) is 10.7. The highest BCUT2D eigenvalue weighted by Crippen LogP contribution is 2.35. The fraction of sp³-hybridized carbons (Fsp3) is 0.400. The Labute approximate surface area is 106 Å². The second kappa shape index (κ2) is 5.55. The van der Waals surface area contributed by atoms with Crippen LogP contribution in [-0.2, 0) is 15.5 Å². The largest absolute Gasteiger partial charge is 0.481 e. The summed E-state index contributed by atoms with van der Waals surface area (Å²) < 4.78 is 36.3. The van der Waals surface area contributed by atoms with Gasteiger partial charge in [-0.1, -0.05) is 0 Å². The van der Waals surface area contributed by atoms with E-state index in [1.807, 2.05) is 0 Å². The minimum atomic E-state index is -4.23. The van der Waals surface area contributed by atoms with Crippen LogP contribution in [0, 0.1) is 10.1 Å². The monoisotopic (exact) mass is 276 g/mol. The quantitative estimate of drug-likeness (QED) is 0.461. The second-order valence-electron chi connectivity index (χ2n) is 3.27. The van der Waals surface area contributed by atoms with Gasteiger partial charge in [-0.2, -0.15) is 8.78 Å². The van der Waals surface area contributed by atoms with Gasteiger partial charge in [0.1, 0.15) is 0 Å². The van der Waals surface area contributed by atoms with Gasteiger partial charge in [0.2, 0.25) is 11.6 Å². The maximum Gasteiger partial charge on any atom is 0.391 e. The number of nitro groups is 1. The Hall–Kier alpha value is -2.32. The molecule has 104 valence electrons. The first-order valence-corrected chi connectivity index (χ1v) is 5.09. The summed E-state index contributed by atoms with van der Waals surface area (Å²) in [6, 6.07) is 1.83. The molecule has 1 heterocycles. The van der Waals surface area contributed by atoms with Crippen molar-refractivity contribution in [3.05, 3.63) is 27.9 Å². The molecule has 1 aromatic heterocycles. The Morgan fingerprint density at radius 3 is 2.63 bits per heavy atom. The highest BCUT2D eigenvalue weighted by Gasteiger charge is 2.49. The molecule has 0 saturated carbocycles.